The van der Waals surface area contributed by atoms with Crippen molar-refractivity contribution in [2.24, 2.45) is 0 Å². The second kappa shape index (κ2) is 7.64. The third-order valence-corrected chi connectivity index (χ3v) is 3.81. The molecule has 2 rings (SSSR count). The smallest absolute Gasteiger partial charge is 0.261 e. The van der Waals surface area contributed by atoms with Gasteiger partial charge in [0, 0.05) is 12.2 Å². The van der Waals surface area contributed by atoms with Gasteiger partial charge in [-0.3, -0.25) is 14.5 Å². The number of aryl methyl sites for hydroxylation is 1. The first-order valence-corrected chi connectivity index (χ1v) is 7.84. The van der Waals surface area contributed by atoms with Crippen molar-refractivity contribution in [3.8, 4) is 5.75 Å². The van der Waals surface area contributed by atoms with Crippen LogP contribution in [0.25, 0.3) is 0 Å². The van der Waals surface area contributed by atoms with Gasteiger partial charge in [-0.15, -0.1) is 0 Å². The first-order valence-electron chi connectivity index (χ1n) is 7.84. The third-order valence-electron chi connectivity index (χ3n) is 3.81. The molecule has 0 spiro atoms. The average molecular weight is 326 g/mol. The van der Waals surface area contributed by atoms with Crippen LogP contribution in [0.3, 0.4) is 0 Å². The summed E-state index contributed by atoms with van der Waals surface area (Å²) >= 11 is 0. The molecule has 1 aliphatic rings. The molecule has 0 saturated carbocycles. The van der Waals surface area contributed by atoms with Crippen LogP contribution in [-0.4, -0.2) is 29.9 Å². The average Bonchev–Trinajstić information content (AvgIpc) is 2.78. The van der Waals surface area contributed by atoms with Crippen molar-refractivity contribution >= 4 is 17.5 Å². The number of carbonyl (C=O) groups is 2. The van der Waals surface area contributed by atoms with Crippen molar-refractivity contribution in [1.29, 1.82) is 0 Å². The molecule has 126 valence electrons. The molecular weight excluding hydrogens is 304 g/mol. The summed E-state index contributed by atoms with van der Waals surface area (Å²) in [6.07, 6.45) is 5.36. The molecule has 0 fully saturated rings. The second-order valence-electron chi connectivity index (χ2n) is 5.51. The molecule has 1 aromatic carbocycles. The Hall–Kier alpha value is -2.82. The van der Waals surface area contributed by atoms with E-state index in [1.165, 1.54) is 11.0 Å². The lowest BCUT2D eigenvalue weighted by Crippen LogP contribution is -2.33. The Kier molecular flexibility index (Phi) is 5.58. The van der Waals surface area contributed by atoms with Gasteiger partial charge in [-0.05, 0) is 44.0 Å². The van der Waals surface area contributed by atoms with Crippen LogP contribution in [0.5, 0.6) is 5.75 Å². The summed E-state index contributed by atoms with van der Waals surface area (Å²) in [5.74, 6) is 0.142. The van der Waals surface area contributed by atoms with Crippen molar-refractivity contribution in [2.75, 3.05) is 18.9 Å². The molecule has 1 aliphatic heterocycles. The number of imide groups is 1. The van der Waals surface area contributed by atoms with Crippen molar-refractivity contribution in [2.45, 2.75) is 20.3 Å². The van der Waals surface area contributed by atoms with Crippen molar-refractivity contribution < 1.29 is 14.3 Å². The number of anilines is 1. The van der Waals surface area contributed by atoms with Crippen LogP contribution in [0.4, 0.5) is 5.69 Å². The number of nitrogens with two attached hydrogens (primary N) is 1. The highest BCUT2D eigenvalue weighted by molar-refractivity contribution is 6.21. The van der Waals surface area contributed by atoms with E-state index in [9.17, 15) is 9.59 Å². The normalized spacial score (nSPS) is 14.8. The van der Waals surface area contributed by atoms with E-state index >= 15 is 0 Å². The number of rotatable bonds is 7. The van der Waals surface area contributed by atoms with Crippen LogP contribution in [0.15, 0.2) is 54.2 Å². The number of hydrogen-bond donors (Lipinski definition) is 1. The van der Waals surface area contributed by atoms with Crippen LogP contribution in [0, 0.1) is 6.92 Å². The van der Waals surface area contributed by atoms with Gasteiger partial charge in [-0.1, -0.05) is 24.8 Å². The standard InChI is InChI=1S/C19H22N2O3/c1-4-7-16-15(5-2)18(22)21(19(16)23)10-6-11-24-14-8-9-17(20)13(3)12-14/h4-5,7-9,12H,2,6,10-11,20H2,1,3H3/b7-4-. The van der Waals surface area contributed by atoms with E-state index < -0.39 is 0 Å². The molecule has 2 N–H and O–H groups in total. The van der Waals surface area contributed by atoms with E-state index in [2.05, 4.69) is 6.58 Å². The quantitative estimate of drug-likeness (QED) is 0.475. The summed E-state index contributed by atoms with van der Waals surface area (Å²) in [5, 5.41) is 0. The van der Waals surface area contributed by atoms with Crippen LogP contribution >= 0.6 is 0 Å². The fourth-order valence-electron chi connectivity index (χ4n) is 2.49. The third kappa shape index (κ3) is 3.56. The molecule has 0 radical (unpaired) electrons. The number of hydrogen-bond acceptors (Lipinski definition) is 4. The second-order valence-corrected chi connectivity index (χ2v) is 5.51. The maximum Gasteiger partial charge on any atom is 0.261 e. The zero-order valence-electron chi connectivity index (χ0n) is 14.0. The first kappa shape index (κ1) is 17.5. The van der Waals surface area contributed by atoms with Gasteiger partial charge in [0.1, 0.15) is 5.75 Å². The summed E-state index contributed by atoms with van der Waals surface area (Å²) in [7, 11) is 0. The fraction of sp³-hybridized carbons (Fsp3) is 0.263. The summed E-state index contributed by atoms with van der Waals surface area (Å²) in [6.45, 7) is 8.05. The van der Waals surface area contributed by atoms with Crippen LogP contribution in [0.2, 0.25) is 0 Å². The maximum atomic E-state index is 12.3. The Balaban J connectivity index is 1.91. The summed E-state index contributed by atoms with van der Waals surface area (Å²) in [5.41, 5.74) is 8.19. The van der Waals surface area contributed by atoms with E-state index in [0.717, 1.165) is 17.0 Å². The van der Waals surface area contributed by atoms with E-state index in [1.54, 1.807) is 31.2 Å². The highest BCUT2D eigenvalue weighted by Crippen LogP contribution is 2.23. The molecule has 24 heavy (non-hydrogen) atoms. The van der Waals surface area contributed by atoms with Gasteiger partial charge < -0.3 is 10.5 Å². The molecular formula is C19H22N2O3. The van der Waals surface area contributed by atoms with Gasteiger partial charge in [0.25, 0.3) is 11.8 Å². The van der Waals surface area contributed by atoms with Crippen molar-refractivity contribution in [1.82, 2.24) is 4.90 Å². The van der Waals surface area contributed by atoms with Gasteiger partial charge in [0.05, 0.1) is 17.8 Å². The fourth-order valence-corrected chi connectivity index (χ4v) is 2.49. The van der Waals surface area contributed by atoms with Gasteiger partial charge >= 0.3 is 0 Å². The number of amides is 2. The minimum atomic E-state index is -0.300. The summed E-state index contributed by atoms with van der Waals surface area (Å²) < 4.78 is 5.65. The predicted molar refractivity (Wildman–Crippen MR) is 94.5 cm³/mol. The molecule has 0 saturated heterocycles. The highest BCUT2D eigenvalue weighted by Gasteiger charge is 2.34. The molecule has 1 heterocycles. The molecule has 5 nitrogen and oxygen atoms in total. The lowest BCUT2D eigenvalue weighted by molar-refractivity contribution is -0.137. The van der Waals surface area contributed by atoms with Crippen LogP contribution in [0.1, 0.15) is 18.9 Å². The van der Waals surface area contributed by atoms with E-state index in [1.807, 2.05) is 13.0 Å². The molecule has 1 aromatic rings. The molecule has 5 heteroatoms. The first-order chi connectivity index (χ1) is 11.5. The van der Waals surface area contributed by atoms with E-state index in [-0.39, 0.29) is 11.8 Å². The molecule has 0 aromatic heterocycles. The zero-order chi connectivity index (χ0) is 17.7. The van der Waals surface area contributed by atoms with Crippen molar-refractivity contribution in [3.05, 3.63) is 59.7 Å². The number of nitrogens with zero attached hydrogens (tertiary/aromatic N) is 1. The Morgan fingerprint density at radius 2 is 1.96 bits per heavy atom. The van der Waals surface area contributed by atoms with Gasteiger partial charge in [-0.25, -0.2) is 0 Å². The molecule has 0 bridgehead atoms. The van der Waals surface area contributed by atoms with E-state index in [4.69, 9.17) is 10.5 Å². The molecule has 0 unspecified atom stereocenters. The molecule has 0 aliphatic carbocycles. The minimum Gasteiger partial charge on any atom is -0.494 e. The van der Waals surface area contributed by atoms with Crippen LogP contribution < -0.4 is 10.5 Å². The molecule has 0 atom stereocenters. The highest BCUT2D eigenvalue weighted by atomic mass is 16.5. The number of ether oxygens (including phenoxy) is 1. The maximum absolute atomic E-state index is 12.3. The van der Waals surface area contributed by atoms with Gasteiger partial charge in [-0.2, -0.15) is 0 Å². The lowest BCUT2D eigenvalue weighted by atomic mass is 10.1. The lowest BCUT2D eigenvalue weighted by Gasteiger charge is -2.15. The van der Waals surface area contributed by atoms with Crippen molar-refractivity contribution in [3.63, 3.8) is 0 Å². The summed E-state index contributed by atoms with van der Waals surface area (Å²) in [4.78, 5) is 25.8. The Morgan fingerprint density at radius 1 is 1.25 bits per heavy atom. The van der Waals surface area contributed by atoms with E-state index in [0.29, 0.717) is 30.7 Å². The monoisotopic (exact) mass is 326 g/mol. The largest absolute Gasteiger partial charge is 0.494 e. The topological polar surface area (TPSA) is 72.6 Å². The SMILES string of the molecule is C=CC1=C(/C=C\C)C(=O)N(CCCOc2ccc(N)c(C)c2)C1=O. The number of nitrogen functional groups attached to an aromatic ring is 1. The zero-order valence-corrected chi connectivity index (χ0v) is 14.0. The number of carbonyl (C=O) groups excluding carboxylic acids is 2. The number of allylic oxidation sites excluding steroid dienone is 1. The summed E-state index contributed by atoms with van der Waals surface area (Å²) in [6, 6.07) is 5.46. The predicted octanol–water partition coefficient (Wildman–Crippen LogP) is 2.77. The van der Waals surface area contributed by atoms with Gasteiger partial charge in [0.15, 0.2) is 0 Å². The minimum absolute atomic E-state index is 0.281. The number of benzene rings is 1. The Labute approximate surface area is 142 Å². The van der Waals surface area contributed by atoms with Crippen LogP contribution in [-0.2, 0) is 9.59 Å². The molecule has 2 amide bonds. The van der Waals surface area contributed by atoms with Gasteiger partial charge in [0.2, 0.25) is 0 Å². The Bertz CT molecular complexity index is 732. The Morgan fingerprint density at radius 3 is 2.58 bits per heavy atom.